The Morgan fingerprint density at radius 2 is 2.21 bits per heavy atom. The van der Waals surface area contributed by atoms with Crippen LogP contribution >= 0.6 is 22.6 Å². The second kappa shape index (κ2) is 6.78. The number of nitro benzene ring substituents is 1. The van der Waals surface area contributed by atoms with Gasteiger partial charge in [0.2, 0.25) is 5.82 Å². The van der Waals surface area contributed by atoms with Gasteiger partial charge in [-0.2, -0.15) is 23.6 Å². The number of alkyl halides is 3. The fourth-order valence-electron chi connectivity index (χ4n) is 1.64. The molecule has 13 heteroatoms. The number of nitrogens with one attached hydrogen (secondary N) is 2. The minimum absolute atomic E-state index is 0.0456. The highest BCUT2D eigenvalue weighted by atomic mass is 127. The van der Waals surface area contributed by atoms with Gasteiger partial charge in [0, 0.05) is 21.9 Å². The fraction of sp³-hybridized carbons (Fsp3) is 0.0909. The molecule has 0 unspecified atom stereocenters. The third kappa shape index (κ3) is 3.76. The number of H-pyrrole nitrogens is 1. The molecule has 0 radical (unpaired) electrons. The molecule has 0 atom stereocenters. The van der Waals surface area contributed by atoms with Crippen molar-refractivity contribution in [2.45, 2.75) is 6.18 Å². The van der Waals surface area contributed by atoms with Crippen LogP contribution in [0.5, 0.6) is 0 Å². The lowest BCUT2D eigenvalue weighted by atomic mass is 10.1. The first-order chi connectivity index (χ1) is 11.2. The standard InChI is InChI=1S/C11H5F3IN7O2/c12-11(13,14)7-1-6(22(23)24)2-8(15)9(7)17-4-5(3-16)10-18-20-21-19-10/h1-2,4,17H,(H,18,19,20,21). The number of aromatic amines is 1. The van der Waals surface area contributed by atoms with Crippen molar-refractivity contribution in [1.29, 1.82) is 5.26 Å². The van der Waals surface area contributed by atoms with Gasteiger partial charge in [-0.25, -0.2) is 0 Å². The summed E-state index contributed by atoms with van der Waals surface area (Å²) in [5.74, 6) is -0.115. The van der Waals surface area contributed by atoms with Gasteiger partial charge in [0.1, 0.15) is 11.6 Å². The number of tetrazole rings is 1. The number of nitrogens with zero attached hydrogens (tertiary/aromatic N) is 5. The summed E-state index contributed by atoms with van der Waals surface area (Å²) in [7, 11) is 0. The van der Waals surface area contributed by atoms with E-state index >= 15 is 0 Å². The normalized spacial score (nSPS) is 11.9. The van der Waals surface area contributed by atoms with E-state index in [0.29, 0.717) is 6.07 Å². The van der Waals surface area contributed by atoms with Crippen LogP contribution in [0, 0.1) is 25.0 Å². The summed E-state index contributed by atoms with van der Waals surface area (Å²) in [5.41, 5.74) is -2.53. The van der Waals surface area contributed by atoms with Crippen molar-refractivity contribution in [1.82, 2.24) is 20.6 Å². The molecule has 0 aliphatic heterocycles. The number of benzene rings is 1. The molecule has 24 heavy (non-hydrogen) atoms. The second-order valence-corrected chi connectivity index (χ2v) is 5.32. The minimum atomic E-state index is -4.83. The van der Waals surface area contributed by atoms with Crippen molar-refractivity contribution in [3.05, 3.63) is 43.4 Å². The number of aromatic nitrogens is 4. The highest BCUT2D eigenvalue weighted by molar-refractivity contribution is 14.1. The zero-order valence-corrected chi connectivity index (χ0v) is 13.5. The summed E-state index contributed by atoms with van der Waals surface area (Å²) in [6, 6.07) is 3.10. The molecule has 9 nitrogen and oxygen atoms in total. The minimum Gasteiger partial charge on any atom is -0.359 e. The molecule has 0 saturated heterocycles. The van der Waals surface area contributed by atoms with Gasteiger partial charge >= 0.3 is 6.18 Å². The molecular weight excluding hydrogens is 446 g/mol. The summed E-state index contributed by atoms with van der Waals surface area (Å²) in [4.78, 5) is 9.82. The third-order valence-corrected chi connectivity index (χ3v) is 3.51. The van der Waals surface area contributed by atoms with E-state index in [1.807, 2.05) is 0 Å². The van der Waals surface area contributed by atoms with Gasteiger partial charge in [-0.1, -0.05) is 0 Å². The van der Waals surface area contributed by atoms with E-state index in [1.54, 1.807) is 6.07 Å². The molecule has 1 aromatic carbocycles. The quantitative estimate of drug-likeness (QED) is 0.316. The highest BCUT2D eigenvalue weighted by Gasteiger charge is 2.36. The summed E-state index contributed by atoms with van der Waals surface area (Å²) in [6.07, 6.45) is -3.87. The molecule has 0 bridgehead atoms. The van der Waals surface area contributed by atoms with Crippen LogP contribution in [0.25, 0.3) is 5.57 Å². The smallest absolute Gasteiger partial charge is 0.359 e. The van der Waals surface area contributed by atoms with Gasteiger partial charge in [0.05, 0.1) is 16.2 Å². The molecule has 2 N–H and O–H groups in total. The molecule has 0 aliphatic rings. The molecule has 0 amide bonds. The van der Waals surface area contributed by atoms with E-state index in [2.05, 4.69) is 25.9 Å². The van der Waals surface area contributed by atoms with Crippen LogP contribution in [0.2, 0.25) is 0 Å². The van der Waals surface area contributed by atoms with Crippen LogP contribution in [0.3, 0.4) is 0 Å². The topological polar surface area (TPSA) is 133 Å². The predicted molar refractivity (Wildman–Crippen MR) is 82.2 cm³/mol. The average molecular weight is 451 g/mol. The maximum absolute atomic E-state index is 13.2. The summed E-state index contributed by atoms with van der Waals surface area (Å²) >= 11 is 1.53. The fourth-order valence-corrected chi connectivity index (χ4v) is 2.40. The van der Waals surface area contributed by atoms with Crippen molar-refractivity contribution >= 4 is 39.5 Å². The summed E-state index contributed by atoms with van der Waals surface area (Å²) in [6.45, 7) is 0. The zero-order chi connectivity index (χ0) is 17.9. The van der Waals surface area contributed by atoms with E-state index in [0.717, 1.165) is 12.3 Å². The molecule has 124 valence electrons. The third-order valence-electron chi connectivity index (χ3n) is 2.66. The first-order valence-corrected chi connectivity index (χ1v) is 6.97. The Morgan fingerprint density at radius 1 is 1.50 bits per heavy atom. The average Bonchev–Trinajstić information content (AvgIpc) is 3.01. The Bertz CT molecular complexity index is 843. The molecule has 0 aliphatic carbocycles. The van der Waals surface area contributed by atoms with Crippen molar-refractivity contribution < 1.29 is 18.1 Å². The lowest BCUT2D eigenvalue weighted by molar-refractivity contribution is -0.385. The maximum Gasteiger partial charge on any atom is 0.418 e. The number of halogens is 4. The van der Waals surface area contributed by atoms with E-state index in [9.17, 15) is 23.3 Å². The predicted octanol–water partition coefficient (Wildman–Crippen LogP) is 2.71. The van der Waals surface area contributed by atoms with Gasteiger partial charge < -0.3 is 5.32 Å². The number of allylic oxidation sites excluding steroid dienone is 1. The number of hydrogen-bond acceptors (Lipinski definition) is 7. The van der Waals surface area contributed by atoms with Crippen LogP contribution < -0.4 is 5.32 Å². The van der Waals surface area contributed by atoms with Crippen molar-refractivity contribution in [3.8, 4) is 6.07 Å². The van der Waals surface area contributed by atoms with E-state index in [-0.39, 0.29) is 15.0 Å². The van der Waals surface area contributed by atoms with Crippen molar-refractivity contribution in [3.63, 3.8) is 0 Å². The summed E-state index contributed by atoms with van der Waals surface area (Å²) in [5, 5.41) is 34.5. The highest BCUT2D eigenvalue weighted by Crippen LogP contribution is 2.40. The lowest BCUT2D eigenvalue weighted by Crippen LogP contribution is -2.11. The molecule has 2 rings (SSSR count). The second-order valence-electron chi connectivity index (χ2n) is 4.15. The van der Waals surface area contributed by atoms with Gasteiger partial charge in [0.25, 0.3) is 5.69 Å². The SMILES string of the molecule is N#CC(=CNc1c(I)cc([N+](=O)[O-])cc1C(F)(F)F)c1nn[nH]n1. The van der Waals surface area contributed by atoms with Crippen LogP contribution in [0.15, 0.2) is 18.3 Å². The first-order valence-electron chi connectivity index (χ1n) is 5.89. The van der Waals surface area contributed by atoms with Gasteiger partial charge in [0.15, 0.2) is 0 Å². The molecule has 0 fully saturated rings. The van der Waals surface area contributed by atoms with Crippen molar-refractivity contribution in [2.75, 3.05) is 5.32 Å². The molecule has 1 heterocycles. The van der Waals surface area contributed by atoms with Crippen LogP contribution in [0.4, 0.5) is 24.5 Å². The maximum atomic E-state index is 13.2. The summed E-state index contributed by atoms with van der Waals surface area (Å²) < 4.78 is 39.4. The molecule has 0 spiro atoms. The number of hydrogen-bond donors (Lipinski definition) is 2. The van der Waals surface area contributed by atoms with Crippen LogP contribution in [-0.4, -0.2) is 25.5 Å². The molecular formula is C11H5F3IN7O2. The first kappa shape index (κ1) is 17.6. The Labute approximate surface area is 144 Å². The largest absolute Gasteiger partial charge is 0.418 e. The molecule has 2 aromatic rings. The number of anilines is 1. The molecule has 1 aromatic heterocycles. The Kier molecular flexibility index (Phi) is 4.97. The number of nitriles is 1. The lowest BCUT2D eigenvalue weighted by Gasteiger charge is -2.14. The number of non-ortho nitro benzene ring substituents is 1. The van der Waals surface area contributed by atoms with E-state index in [4.69, 9.17) is 5.26 Å². The number of rotatable bonds is 4. The van der Waals surface area contributed by atoms with E-state index < -0.39 is 28.0 Å². The zero-order valence-electron chi connectivity index (χ0n) is 11.3. The Hall–Kier alpha value is -2.76. The van der Waals surface area contributed by atoms with Crippen LogP contribution in [0.1, 0.15) is 11.4 Å². The van der Waals surface area contributed by atoms with Gasteiger partial charge in [-0.05, 0) is 27.8 Å². The molecule has 0 saturated carbocycles. The Morgan fingerprint density at radius 3 is 2.71 bits per heavy atom. The number of nitro groups is 1. The van der Waals surface area contributed by atoms with Crippen LogP contribution in [-0.2, 0) is 6.18 Å². The Balaban J connectivity index is 2.50. The van der Waals surface area contributed by atoms with Gasteiger partial charge in [-0.3, -0.25) is 10.1 Å². The van der Waals surface area contributed by atoms with E-state index in [1.165, 1.54) is 22.6 Å². The monoisotopic (exact) mass is 451 g/mol. The van der Waals surface area contributed by atoms with Gasteiger partial charge in [-0.15, -0.1) is 10.2 Å². The van der Waals surface area contributed by atoms with Crippen molar-refractivity contribution in [2.24, 2.45) is 0 Å².